The molecule has 0 radical (unpaired) electrons. The van der Waals surface area contributed by atoms with E-state index in [1.165, 1.54) is 23.3 Å². The van der Waals surface area contributed by atoms with Gasteiger partial charge in [-0.2, -0.15) is 0 Å². The fraction of sp³-hybridized carbons (Fsp3) is 0.233. The molecule has 2 heterocycles. The Kier molecular flexibility index (Phi) is 7.27. The van der Waals surface area contributed by atoms with Crippen LogP contribution in [0.25, 0.3) is 16.5 Å². The van der Waals surface area contributed by atoms with Crippen molar-refractivity contribution in [2.75, 3.05) is 5.32 Å². The first-order chi connectivity index (χ1) is 16.4. The quantitative estimate of drug-likeness (QED) is 0.188. The number of aromatic nitrogens is 2. The summed E-state index contributed by atoms with van der Waals surface area (Å²) < 4.78 is 13.7. The highest BCUT2D eigenvalue weighted by molar-refractivity contribution is 5.94. The zero-order valence-electron chi connectivity index (χ0n) is 20.0. The predicted molar refractivity (Wildman–Crippen MR) is 141 cm³/mol. The number of H-pyrrole nitrogens is 1. The number of hydrogen-bond donors (Lipinski definition) is 2. The lowest BCUT2D eigenvalue weighted by Gasteiger charge is -2.23. The summed E-state index contributed by atoms with van der Waals surface area (Å²) in [6.07, 6.45) is 10.0. The van der Waals surface area contributed by atoms with Crippen LogP contribution in [0.4, 0.5) is 10.1 Å². The normalized spacial score (nSPS) is 12.0. The number of fused-ring (bicyclic) bond motifs is 1. The van der Waals surface area contributed by atoms with Crippen molar-refractivity contribution in [3.63, 3.8) is 0 Å². The molecule has 2 aromatic carbocycles. The minimum atomic E-state index is -0.256. The Bertz CT molecular complexity index is 1300. The number of aromatic amines is 1. The number of aryl methyl sites for hydroxylation is 2. The highest BCUT2D eigenvalue weighted by Gasteiger charge is 2.20. The average Bonchev–Trinajstić information content (AvgIpc) is 3.24. The lowest BCUT2D eigenvalue weighted by molar-refractivity contribution is 0.627. The zero-order valence-corrected chi connectivity index (χ0v) is 20.0. The third kappa shape index (κ3) is 5.63. The van der Waals surface area contributed by atoms with Crippen molar-refractivity contribution in [2.24, 2.45) is 0 Å². The average molecular weight is 454 g/mol. The molecule has 0 aliphatic carbocycles. The fourth-order valence-electron chi connectivity index (χ4n) is 4.33. The van der Waals surface area contributed by atoms with Gasteiger partial charge in [-0.3, -0.25) is 4.98 Å². The molecule has 1 unspecified atom stereocenters. The van der Waals surface area contributed by atoms with Crippen molar-refractivity contribution < 1.29 is 4.39 Å². The van der Waals surface area contributed by atoms with Crippen molar-refractivity contribution in [1.29, 1.82) is 0 Å². The number of halogens is 1. The van der Waals surface area contributed by atoms with Crippen LogP contribution in [0.5, 0.6) is 0 Å². The van der Waals surface area contributed by atoms with E-state index in [1.807, 2.05) is 31.5 Å². The van der Waals surface area contributed by atoms with Gasteiger partial charge in [0.1, 0.15) is 5.82 Å². The topological polar surface area (TPSA) is 40.7 Å². The van der Waals surface area contributed by atoms with Gasteiger partial charge in [0.15, 0.2) is 0 Å². The van der Waals surface area contributed by atoms with Gasteiger partial charge in [-0.1, -0.05) is 30.4 Å². The molecule has 0 amide bonds. The summed E-state index contributed by atoms with van der Waals surface area (Å²) in [5.41, 5.74) is 8.51. The summed E-state index contributed by atoms with van der Waals surface area (Å²) in [5, 5.41) is 4.72. The van der Waals surface area contributed by atoms with Crippen molar-refractivity contribution in [2.45, 2.75) is 45.6 Å². The Balaban J connectivity index is 1.64. The van der Waals surface area contributed by atoms with Gasteiger partial charge in [0.2, 0.25) is 0 Å². The van der Waals surface area contributed by atoms with Gasteiger partial charge in [0.25, 0.3) is 0 Å². The molecule has 34 heavy (non-hydrogen) atoms. The van der Waals surface area contributed by atoms with Gasteiger partial charge in [-0.25, -0.2) is 4.39 Å². The Morgan fingerprint density at radius 2 is 1.85 bits per heavy atom. The van der Waals surface area contributed by atoms with Gasteiger partial charge < -0.3 is 10.3 Å². The summed E-state index contributed by atoms with van der Waals surface area (Å²) in [7, 11) is 0. The van der Waals surface area contributed by atoms with Gasteiger partial charge in [0, 0.05) is 35.1 Å². The van der Waals surface area contributed by atoms with Gasteiger partial charge in [-0.15, -0.1) is 6.58 Å². The van der Waals surface area contributed by atoms with Crippen molar-refractivity contribution in [1.82, 2.24) is 9.97 Å². The van der Waals surface area contributed by atoms with E-state index in [4.69, 9.17) is 0 Å². The molecule has 1 atom stereocenters. The maximum atomic E-state index is 13.7. The van der Waals surface area contributed by atoms with E-state index in [2.05, 4.69) is 59.6 Å². The molecule has 4 rings (SSSR count). The summed E-state index contributed by atoms with van der Waals surface area (Å²) in [5.74, 6) is -0.256. The molecule has 0 fully saturated rings. The molecular formula is C30H32FN3. The smallest absolute Gasteiger partial charge is 0.123 e. The first-order valence-corrected chi connectivity index (χ1v) is 11.8. The number of pyridine rings is 1. The first kappa shape index (κ1) is 23.5. The van der Waals surface area contributed by atoms with Crippen molar-refractivity contribution >= 4 is 22.2 Å². The van der Waals surface area contributed by atoms with Crippen molar-refractivity contribution in [3.05, 3.63) is 114 Å². The minimum absolute atomic E-state index is 0.234. The minimum Gasteiger partial charge on any atom is -0.373 e. The standard InChI is InChI=1S/C30H32FN3/c1-20(2)7-5-6-8-23-9-14-29-27(16-23)28(19-33-29)22(4)30(24-10-12-25(31)13-11-24)34-26-15-21(3)17-32-18-26/h9-19,30,33-34H,1,4-8H2,2-3H3. The van der Waals surface area contributed by atoms with Gasteiger partial charge >= 0.3 is 0 Å². The SMILES string of the molecule is C=C(C)CCCCc1ccc2[nH]cc(C(=C)C(Nc3cncc(C)c3)c3ccc(F)cc3)c2c1. The molecule has 0 spiro atoms. The number of hydrogen-bond acceptors (Lipinski definition) is 2. The number of benzene rings is 2. The monoisotopic (exact) mass is 453 g/mol. The fourth-order valence-corrected chi connectivity index (χ4v) is 4.33. The maximum Gasteiger partial charge on any atom is 0.123 e. The van der Waals surface area contributed by atoms with E-state index in [0.29, 0.717) is 0 Å². The van der Waals surface area contributed by atoms with Crippen LogP contribution in [-0.2, 0) is 6.42 Å². The number of nitrogens with zero attached hydrogens (tertiary/aromatic N) is 1. The molecule has 4 heteroatoms. The molecule has 2 N–H and O–H groups in total. The van der Waals surface area contributed by atoms with Crippen LogP contribution in [0.3, 0.4) is 0 Å². The second-order valence-electron chi connectivity index (χ2n) is 9.15. The first-order valence-electron chi connectivity index (χ1n) is 11.8. The van der Waals surface area contributed by atoms with Gasteiger partial charge in [-0.05, 0) is 92.1 Å². The van der Waals surface area contributed by atoms with E-state index >= 15 is 0 Å². The van der Waals surface area contributed by atoms with E-state index in [9.17, 15) is 4.39 Å². The van der Waals surface area contributed by atoms with Crippen LogP contribution in [0.1, 0.15) is 54.5 Å². The third-order valence-corrected chi connectivity index (χ3v) is 6.15. The molecule has 0 saturated heterocycles. The molecule has 0 aliphatic heterocycles. The second kappa shape index (κ2) is 10.5. The molecular weight excluding hydrogens is 421 g/mol. The van der Waals surface area contributed by atoms with Crippen molar-refractivity contribution in [3.8, 4) is 0 Å². The third-order valence-electron chi connectivity index (χ3n) is 6.15. The molecule has 174 valence electrons. The zero-order chi connectivity index (χ0) is 24.1. The Hall–Kier alpha value is -3.66. The van der Waals surface area contributed by atoms with E-state index < -0.39 is 0 Å². The number of nitrogens with one attached hydrogen (secondary N) is 2. The lowest BCUT2D eigenvalue weighted by Crippen LogP contribution is -2.13. The number of anilines is 1. The second-order valence-corrected chi connectivity index (χ2v) is 9.15. The molecule has 0 saturated carbocycles. The Morgan fingerprint density at radius 1 is 1.06 bits per heavy atom. The Labute approximate surface area is 201 Å². The van der Waals surface area contributed by atoms with E-state index in [1.54, 1.807) is 6.20 Å². The number of allylic oxidation sites excluding steroid dienone is 1. The van der Waals surface area contributed by atoms with Crippen LogP contribution in [-0.4, -0.2) is 9.97 Å². The van der Waals surface area contributed by atoms with Crippen LogP contribution in [0.2, 0.25) is 0 Å². The molecule has 3 nitrogen and oxygen atoms in total. The van der Waals surface area contributed by atoms with Crippen LogP contribution in [0.15, 0.2) is 85.9 Å². The maximum absolute atomic E-state index is 13.7. The number of unbranched alkanes of at least 4 members (excludes halogenated alkanes) is 1. The number of rotatable bonds is 10. The van der Waals surface area contributed by atoms with Crippen LogP contribution in [0, 0.1) is 12.7 Å². The van der Waals surface area contributed by atoms with Gasteiger partial charge in [0.05, 0.1) is 11.7 Å². The predicted octanol–water partition coefficient (Wildman–Crippen LogP) is 8.17. The van der Waals surface area contributed by atoms with Crippen LogP contribution >= 0.6 is 0 Å². The summed E-state index contributed by atoms with van der Waals surface area (Å²) in [4.78, 5) is 7.71. The Morgan fingerprint density at radius 3 is 2.59 bits per heavy atom. The molecule has 0 aliphatic rings. The molecule has 0 bridgehead atoms. The molecule has 2 aromatic heterocycles. The molecule has 4 aromatic rings. The van der Waals surface area contributed by atoms with E-state index in [-0.39, 0.29) is 11.9 Å². The highest BCUT2D eigenvalue weighted by atomic mass is 19.1. The largest absolute Gasteiger partial charge is 0.373 e. The summed E-state index contributed by atoms with van der Waals surface area (Å²) in [6, 6.07) is 15.0. The van der Waals surface area contributed by atoms with E-state index in [0.717, 1.165) is 64.5 Å². The van der Waals surface area contributed by atoms with Crippen LogP contribution < -0.4 is 5.32 Å². The highest BCUT2D eigenvalue weighted by Crippen LogP contribution is 2.36. The lowest BCUT2D eigenvalue weighted by atomic mass is 9.92. The summed E-state index contributed by atoms with van der Waals surface area (Å²) in [6.45, 7) is 12.6. The summed E-state index contributed by atoms with van der Waals surface area (Å²) >= 11 is 0.